The van der Waals surface area contributed by atoms with Crippen molar-refractivity contribution in [2.45, 2.75) is 13.0 Å². The fourth-order valence-corrected chi connectivity index (χ4v) is 2.94. The molecule has 1 aromatic heterocycles. The first kappa shape index (κ1) is 19.5. The van der Waals surface area contributed by atoms with Crippen LogP contribution in [0.5, 0.6) is 0 Å². The summed E-state index contributed by atoms with van der Waals surface area (Å²) in [5.74, 6) is -0.215. The number of hydrogen-bond acceptors (Lipinski definition) is 5. The Kier molecular flexibility index (Phi) is 6.04. The maximum Gasteiger partial charge on any atom is 0.238 e. The Hall–Kier alpha value is -3.21. The molecule has 0 saturated carbocycles. The molecule has 3 aromatic rings. The van der Waals surface area contributed by atoms with Gasteiger partial charge in [0.25, 0.3) is 0 Å². The quantitative estimate of drug-likeness (QED) is 0.692. The van der Waals surface area contributed by atoms with Crippen molar-refractivity contribution in [2.24, 2.45) is 0 Å². The lowest BCUT2D eigenvalue weighted by atomic mass is 10.1. The van der Waals surface area contributed by atoms with Crippen LogP contribution in [0.15, 0.2) is 55.1 Å². The number of carbonyl (C=O) groups is 1. The highest BCUT2D eigenvalue weighted by molar-refractivity contribution is 6.31. The number of halogens is 1. The van der Waals surface area contributed by atoms with Gasteiger partial charge in [0.15, 0.2) is 0 Å². The van der Waals surface area contributed by atoms with Gasteiger partial charge in [-0.3, -0.25) is 9.69 Å². The van der Waals surface area contributed by atoms with Crippen LogP contribution >= 0.6 is 11.6 Å². The average molecular weight is 395 g/mol. The van der Waals surface area contributed by atoms with Gasteiger partial charge in [0, 0.05) is 11.1 Å². The van der Waals surface area contributed by atoms with Gasteiger partial charge >= 0.3 is 0 Å². The van der Waals surface area contributed by atoms with E-state index in [1.807, 2.05) is 49.2 Å². The van der Waals surface area contributed by atoms with Crippen molar-refractivity contribution in [2.75, 3.05) is 18.9 Å². The molecule has 0 fully saturated rings. The monoisotopic (exact) mass is 394 g/mol. The third-order valence-corrected chi connectivity index (χ3v) is 4.72. The van der Waals surface area contributed by atoms with Crippen LogP contribution < -0.4 is 5.32 Å². The normalized spacial score (nSPS) is 11.8. The van der Waals surface area contributed by atoms with Crippen LogP contribution in [0.1, 0.15) is 24.1 Å². The highest BCUT2D eigenvalue weighted by Gasteiger charge is 2.16. The molecular formula is C20H19ClN6O. The molecule has 28 heavy (non-hydrogen) atoms. The number of likely N-dealkylation sites (N-methyl/N-ethyl adjacent to an activating group) is 1. The average Bonchev–Trinajstić information content (AvgIpc) is 3.22. The summed E-state index contributed by atoms with van der Waals surface area (Å²) in [4.78, 5) is 18.3. The van der Waals surface area contributed by atoms with E-state index in [-0.39, 0.29) is 18.5 Å². The van der Waals surface area contributed by atoms with Gasteiger partial charge in [0.2, 0.25) is 5.91 Å². The fraction of sp³-hybridized carbons (Fsp3) is 0.200. The zero-order valence-electron chi connectivity index (χ0n) is 15.5. The standard InChI is InChI=1S/C20H19ClN6O/c1-14(15-4-7-18(8-5-15)27-13-23-12-24-27)26(2)11-20(28)25-19-9-17(21)6-3-16(19)10-22/h3-9,12-14H,11H2,1-2H3,(H,25,28). The van der Waals surface area contributed by atoms with Gasteiger partial charge in [0.1, 0.15) is 18.7 Å². The molecule has 1 atom stereocenters. The summed E-state index contributed by atoms with van der Waals surface area (Å²) in [6.07, 6.45) is 3.13. The van der Waals surface area contributed by atoms with E-state index in [1.54, 1.807) is 29.2 Å². The summed E-state index contributed by atoms with van der Waals surface area (Å²) in [7, 11) is 1.87. The summed E-state index contributed by atoms with van der Waals surface area (Å²) in [6.45, 7) is 2.20. The minimum Gasteiger partial charge on any atom is -0.324 e. The number of hydrogen-bond donors (Lipinski definition) is 1. The Morgan fingerprint density at radius 2 is 2.07 bits per heavy atom. The first-order valence-corrected chi connectivity index (χ1v) is 9.00. The fourth-order valence-electron chi connectivity index (χ4n) is 2.77. The second-order valence-corrected chi connectivity index (χ2v) is 6.81. The number of nitrogens with one attached hydrogen (secondary N) is 1. The molecule has 1 unspecified atom stereocenters. The molecule has 0 aliphatic carbocycles. The molecule has 2 aromatic carbocycles. The predicted octanol–water partition coefficient (Wildman–Crippen LogP) is 3.42. The molecule has 1 amide bonds. The van der Waals surface area contributed by atoms with Crippen molar-refractivity contribution < 1.29 is 4.79 Å². The summed E-state index contributed by atoms with van der Waals surface area (Å²) in [6, 6.07) is 14.8. The third kappa shape index (κ3) is 4.55. The van der Waals surface area contributed by atoms with Gasteiger partial charge in [-0.05, 0) is 49.9 Å². The minimum absolute atomic E-state index is 0.0188. The number of rotatable bonds is 6. The number of nitriles is 1. The lowest BCUT2D eigenvalue weighted by Crippen LogP contribution is -2.32. The summed E-state index contributed by atoms with van der Waals surface area (Å²) in [5, 5.41) is 16.5. The Balaban J connectivity index is 1.64. The van der Waals surface area contributed by atoms with E-state index < -0.39 is 0 Å². The van der Waals surface area contributed by atoms with Crippen molar-refractivity contribution in [1.29, 1.82) is 5.26 Å². The van der Waals surface area contributed by atoms with Crippen LogP contribution in [0.4, 0.5) is 5.69 Å². The number of amides is 1. The maximum absolute atomic E-state index is 12.4. The highest BCUT2D eigenvalue weighted by Crippen LogP contribution is 2.22. The molecule has 0 bridgehead atoms. The van der Waals surface area contributed by atoms with Gasteiger partial charge in [-0.2, -0.15) is 10.4 Å². The van der Waals surface area contributed by atoms with Gasteiger partial charge < -0.3 is 5.32 Å². The van der Waals surface area contributed by atoms with Gasteiger partial charge in [-0.1, -0.05) is 23.7 Å². The molecule has 7 nitrogen and oxygen atoms in total. The van der Waals surface area contributed by atoms with Crippen LogP contribution in [-0.2, 0) is 4.79 Å². The number of carbonyl (C=O) groups excluding carboxylic acids is 1. The molecule has 0 spiro atoms. The van der Waals surface area contributed by atoms with E-state index in [0.717, 1.165) is 11.3 Å². The molecule has 0 saturated heterocycles. The first-order chi connectivity index (χ1) is 13.5. The van der Waals surface area contributed by atoms with Crippen LogP contribution in [0, 0.1) is 11.3 Å². The molecule has 1 N–H and O–H groups in total. The highest BCUT2D eigenvalue weighted by atomic mass is 35.5. The van der Waals surface area contributed by atoms with Gasteiger partial charge in [0.05, 0.1) is 23.5 Å². The first-order valence-electron chi connectivity index (χ1n) is 8.62. The van der Waals surface area contributed by atoms with E-state index in [4.69, 9.17) is 16.9 Å². The molecule has 0 aliphatic heterocycles. The largest absolute Gasteiger partial charge is 0.324 e. The van der Waals surface area contributed by atoms with Crippen LogP contribution in [0.3, 0.4) is 0 Å². The Morgan fingerprint density at radius 3 is 2.71 bits per heavy atom. The molecule has 0 aliphatic rings. The van der Waals surface area contributed by atoms with Crippen LogP contribution in [0.25, 0.3) is 5.69 Å². The SMILES string of the molecule is CC(c1ccc(-n2cncn2)cc1)N(C)CC(=O)Nc1cc(Cl)ccc1C#N. The molecular weight excluding hydrogens is 376 g/mol. The molecule has 1 heterocycles. The lowest BCUT2D eigenvalue weighted by Gasteiger charge is -2.24. The minimum atomic E-state index is -0.215. The zero-order chi connectivity index (χ0) is 20.1. The van der Waals surface area contributed by atoms with Crippen molar-refractivity contribution >= 4 is 23.2 Å². The molecule has 3 rings (SSSR count). The van der Waals surface area contributed by atoms with E-state index in [2.05, 4.69) is 15.4 Å². The maximum atomic E-state index is 12.4. The van der Waals surface area contributed by atoms with Gasteiger partial charge in [-0.25, -0.2) is 9.67 Å². The van der Waals surface area contributed by atoms with Crippen molar-refractivity contribution in [3.05, 3.63) is 71.3 Å². The van der Waals surface area contributed by atoms with E-state index in [0.29, 0.717) is 16.3 Å². The van der Waals surface area contributed by atoms with Crippen LogP contribution in [0.2, 0.25) is 5.02 Å². The number of nitrogens with zero attached hydrogens (tertiary/aromatic N) is 5. The second-order valence-electron chi connectivity index (χ2n) is 6.37. The summed E-state index contributed by atoms with van der Waals surface area (Å²) in [5.41, 5.74) is 2.77. The Morgan fingerprint density at radius 1 is 1.32 bits per heavy atom. The van der Waals surface area contributed by atoms with E-state index in [9.17, 15) is 4.79 Å². The Bertz CT molecular complexity index is 995. The number of anilines is 1. The van der Waals surface area contributed by atoms with Crippen molar-refractivity contribution in [3.63, 3.8) is 0 Å². The molecule has 142 valence electrons. The summed E-state index contributed by atoms with van der Waals surface area (Å²) < 4.78 is 1.68. The number of aromatic nitrogens is 3. The third-order valence-electron chi connectivity index (χ3n) is 4.49. The smallest absolute Gasteiger partial charge is 0.238 e. The molecule has 0 radical (unpaired) electrons. The Labute approximate surface area is 168 Å². The zero-order valence-corrected chi connectivity index (χ0v) is 16.3. The molecule has 8 heteroatoms. The lowest BCUT2D eigenvalue weighted by molar-refractivity contribution is -0.117. The second kappa shape index (κ2) is 8.65. The summed E-state index contributed by atoms with van der Waals surface area (Å²) >= 11 is 5.96. The van der Waals surface area contributed by atoms with Crippen molar-refractivity contribution in [3.8, 4) is 11.8 Å². The van der Waals surface area contributed by atoms with E-state index in [1.165, 1.54) is 6.33 Å². The van der Waals surface area contributed by atoms with E-state index >= 15 is 0 Å². The topological polar surface area (TPSA) is 86.8 Å². The predicted molar refractivity (Wildman–Crippen MR) is 107 cm³/mol. The number of benzene rings is 2. The van der Waals surface area contributed by atoms with Crippen LogP contribution in [-0.4, -0.2) is 39.2 Å². The van der Waals surface area contributed by atoms with Gasteiger partial charge in [-0.15, -0.1) is 0 Å². The van der Waals surface area contributed by atoms with Crippen molar-refractivity contribution in [1.82, 2.24) is 19.7 Å².